The molecule has 0 radical (unpaired) electrons. The van der Waals surface area contributed by atoms with Crippen molar-refractivity contribution in [3.63, 3.8) is 0 Å². The van der Waals surface area contributed by atoms with Gasteiger partial charge in [-0.1, -0.05) is 0 Å². The molecule has 0 aromatic carbocycles. The molecule has 0 fully saturated rings. The van der Waals surface area contributed by atoms with Gasteiger partial charge in [0, 0.05) is 31.0 Å². The standard InChI is InChI=1S/C15H21N5O2/c1-10-6-11(2)19-14(21)13(10)8-17-15(22)16-5-4-12-7-18-20(3)9-12/h6-7,9H,4-5,8H2,1-3H3,(H,19,21)(H2,16,17,22). The quantitative estimate of drug-likeness (QED) is 0.761. The molecule has 2 amide bonds. The van der Waals surface area contributed by atoms with Gasteiger partial charge in [-0.25, -0.2) is 4.79 Å². The van der Waals surface area contributed by atoms with Gasteiger partial charge in [-0.05, 0) is 37.5 Å². The second-order valence-electron chi connectivity index (χ2n) is 5.32. The van der Waals surface area contributed by atoms with Crippen LogP contribution < -0.4 is 16.2 Å². The predicted octanol–water partition coefficient (Wildman–Crippen LogP) is 0.767. The molecule has 118 valence electrons. The molecule has 0 bridgehead atoms. The van der Waals surface area contributed by atoms with Crippen LogP contribution in [0.15, 0.2) is 23.3 Å². The number of carbonyl (C=O) groups excluding carboxylic acids is 1. The zero-order valence-corrected chi connectivity index (χ0v) is 13.1. The number of hydrogen-bond donors (Lipinski definition) is 3. The summed E-state index contributed by atoms with van der Waals surface area (Å²) in [5.41, 5.74) is 3.17. The van der Waals surface area contributed by atoms with Crippen LogP contribution in [0.5, 0.6) is 0 Å². The molecule has 2 heterocycles. The van der Waals surface area contributed by atoms with Gasteiger partial charge in [0.1, 0.15) is 0 Å². The van der Waals surface area contributed by atoms with Crippen LogP contribution in [-0.2, 0) is 20.0 Å². The molecule has 22 heavy (non-hydrogen) atoms. The Morgan fingerprint density at radius 2 is 2.14 bits per heavy atom. The minimum absolute atomic E-state index is 0.159. The Morgan fingerprint density at radius 3 is 2.77 bits per heavy atom. The number of carbonyl (C=O) groups is 1. The van der Waals surface area contributed by atoms with Crippen LogP contribution in [-0.4, -0.2) is 27.3 Å². The van der Waals surface area contributed by atoms with Crippen molar-refractivity contribution >= 4 is 6.03 Å². The molecule has 7 nitrogen and oxygen atoms in total. The number of amides is 2. The topological polar surface area (TPSA) is 91.8 Å². The number of aromatic nitrogens is 3. The van der Waals surface area contributed by atoms with E-state index in [0.29, 0.717) is 18.5 Å². The highest BCUT2D eigenvalue weighted by atomic mass is 16.2. The van der Waals surface area contributed by atoms with Crippen LogP contribution in [0.3, 0.4) is 0 Å². The van der Waals surface area contributed by atoms with E-state index in [0.717, 1.165) is 16.8 Å². The molecule has 2 aromatic heterocycles. The number of nitrogens with one attached hydrogen (secondary N) is 3. The Morgan fingerprint density at radius 1 is 1.36 bits per heavy atom. The molecule has 3 N–H and O–H groups in total. The van der Waals surface area contributed by atoms with Crippen molar-refractivity contribution in [2.24, 2.45) is 7.05 Å². The first kappa shape index (κ1) is 15.8. The monoisotopic (exact) mass is 303 g/mol. The molecule has 0 aliphatic carbocycles. The van der Waals surface area contributed by atoms with Gasteiger partial charge in [0.2, 0.25) is 0 Å². The molecule has 0 aliphatic heterocycles. The van der Waals surface area contributed by atoms with Crippen LogP contribution >= 0.6 is 0 Å². The first-order chi connectivity index (χ1) is 10.5. The van der Waals surface area contributed by atoms with Gasteiger partial charge in [0.25, 0.3) is 5.56 Å². The number of nitrogens with zero attached hydrogens (tertiary/aromatic N) is 2. The van der Waals surface area contributed by atoms with E-state index >= 15 is 0 Å². The van der Waals surface area contributed by atoms with E-state index in [1.807, 2.05) is 33.2 Å². The van der Waals surface area contributed by atoms with E-state index < -0.39 is 0 Å². The lowest BCUT2D eigenvalue weighted by Gasteiger charge is -2.09. The highest BCUT2D eigenvalue weighted by molar-refractivity contribution is 5.73. The Balaban J connectivity index is 1.79. The molecule has 0 saturated carbocycles. The van der Waals surface area contributed by atoms with Crippen LogP contribution in [0.25, 0.3) is 0 Å². The lowest BCUT2D eigenvalue weighted by Crippen LogP contribution is -2.37. The zero-order valence-electron chi connectivity index (χ0n) is 13.1. The lowest BCUT2D eigenvalue weighted by atomic mass is 10.1. The van der Waals surface area contributed by atoms with E-state index in [-0.39, 0.29) is 18.1 Å². The van der Waals surface area contributed by atoms with Gasteiger partial charge in [0.15, 0.2) is 0 Å². The van der Waals surface area contributed by atoms with Crippen molar-refractivity contribution in [2.45, 2.75) is 26.8 Å². The molecule has 0 aliphatic rings. The Bertz CT molecular complexity index is 717. The largest absolute Gasteiger partial charge is 0.338 e. The first-order valence-electron chi connectivity index (χ1n) is 7.14. The Hall–Kier alpha value is -2.57. The Labute approximate surface area is 128 Å². The fourth-order valence-corrected chi connectivity index (χ4v) is 2.25. The highest BCUT2D eigenvalue weighted by Crippen LogP contribution is 2.02. The van der Waals surface area contributed by atoms with Gasteiger partial charge >= 0.3 is 6.03 Å². The first-order valence-corrected chi connectivity index (χ1v) is 7.14. The van der Waals surface area contributed by atoms with Crippen LogP contribution in [0.2, 0.25) is 0 Å². The summed E-state index contributed by atoms with van der Waals surface area (Å²) in [6.07, 6.45) is 4.40. The van der Waals surface area contributed by atoms with E-state index in [1.54, 1.807) is 10.9 Å². The summed E-state index contributed by atoms with van der Waals surface area (Å²) in [5.74, 6) is 0. The zero-order chi connectivity index (χ0) is 16.1. The fourth-order valence-electron chi connectivity index (χ4n) is 2.25. The van der Waals surface area contributed by atoms with E-state index in [1.165, 1.54) is 0 Å². The summed E-state index contributed by atoms with van der Waals surface area (Å²) in [6.45, 7) is 4.41. The van der Waals surface area contributed by atoms with Crippen molar-refractivity contribution in [3.05, 3.63) is 51.2 Å². The number of aromatic amines is 1. The summed E-state index contributed by atoms with van der Waals surface area (Å²) in [5, 5.41) is 9.53. The number of aryl methyl sites for hydroxylation is 3. The van der Waals surface area contributed by atoms with Crippen LogP contribution in [0, 0.1) is 13.8 Å². The summed E-state index contributed by atoms with van der Waals surface area (Å²) >= 11 is 0. The van der Waals surface area contributed by atoms with Gasteiger partial charge in [-0.15, -0.1) is 0 Å². The van der Waals surface area contributed by atoms with Crippen molar-refractivity contribution < 1.29 is 4.79 Å². The summed E-state index contributed by atoms with van der Waals surface area (Å²) < 4.78 is 1.72. The SMILES string of the molecule is Cc1cc(C)c(CNC(=O)NCCc2cnn(C)c2)c(=O)[nH]1. The van der Waals surface area contributed by atoms with Crippen molar-refractivity contribution in [2.75, 3.05) is 6.54 Å². The number of pyridine rings is 1. The van der Waals surface area contributed by atoms with Gasteiger partial charge < -0.3 is 15.6 Å². The maximum atomic E-state index is 11.8. The number of rotatable bonds is 5. The summed E-state index contributed by atoms with van der Waals surface area (Å²) in [4.78, 5) is 26.3. The fraction of sp³-hybridized carbons (Fsp3) is 0.400. The molecule has 2 aromatic rings. The maximum absolute atomic E-state index is 11.8. The molecule has 2 rings (SSSR count). The molecular formula is C15H21N5O2. The summed E-state index contributed by atoms with van der Waals surface area (Å²) in [6, 6.07) is 1.60. The van der Waals surface area contributed by atoms with E-state index in [2.05, 4.69) is 20.7 Å². The average molecular weight is 303 g/mol. The minimum Gasteiger partial charge on any atom is -0.338 e. The van der Waals surface area contributed by atoms with Crippen molar-refractivity contribution in [1.82, 2.24) is 25.4 Å². The lowest BCUT2D eigenvalue weighted by molar-refractivity contribution is 0.240. The second-order valence-corrected chi connectivity index (χ2v) is 5.32. The van der Waals surface area contributed by atoms with E-state index in [9.17, 15) is 9.59 Å². The van der Waals surface area contributed by atoms with Gasteiger partial charge in [0.05, 0.1) is 12.7 Å². The third-order valence-corrected chi connectivity index (χ3v) is 3.38. The van der Waals surface area contributed by atoms with E-state index in [4.69, 9.17) is 0 Å². The smallest absolute Gasteiger partial charge is 0.315 e. The highest BCUT2D eigenvalue weighted by Gasteiger charge is 2.07. The number of H-pyrrole nitrogens is 1. The molecule has 0 spiro atoms. The van der Waals surface area contributed by atoms with Crippen molar-refractivity contribution in [3.8, 4) is 0 Å². The molecular weight excluding hydrogens is 282 g/mol. The van der Waals surface area contributed by atoms with Gasteiger partial charge in [-0.3, -0.25) is 9.48 Å². The van der Waals surface area contributed by atoms with Crippen molar-refractivity contribution in [1.29, 1.82) is 0 Å². The molecule has 0 atom stereocenters. The molecule has 7 heteroatoms. The summed E-state index contributed by atoms with van der Waals surface area (Å²) in [7, 11) is 1.85. The average Bonchev–Trinajstić information content (AvgIpc) is 2.83. The number of urea groups is 1. The normalized spacial score (nSPS) is 10.5. The van der Waals surface area contributed by atoms with Crippen LogP contribution in [0.1, 0.15) is 22.4 Å². The predicted molar refractivity (Wildman–Crippen MR) is 83.7 cm³/mol. The third-order valence-electron chi connectivity index (χ3n) is 3.38. The second kappa shape index (κ2) is 6.93. The minimum atomic E-state index is -0.289. The number of hydrogen-bond acceptors (Lipinski definition) is 3. The maximum Gasteiger partial charge on any atom is 0.315 e. The Kier molecular flexibility index (Phi) is 4.98. The van der Waals surface area contributed by atoms with Crippen LogP contribution in [0.4, 0.5) is 4.79 Å². The van der Waals surface area contributed by atoms with Gasteiger partial charge in [-0.2, -0.15) is 5.10 Å². The molecule has 0 unspecified atom stereocenters. The molecule has 0 saturated heterocycles. The third kappa shape index (κ3) is 4.21.